The summed E-state index contributed by atoms with van der Waals surface area (Å²) in [6.07, 6.45) is 1.60. The molecular formula is C15H12BrNO6S. The fourth-order valence-electron chi connectivity index (χ4n) is 2.48. The van der Waals surface area contributed by atoms with Crippen LogP contribution in [0.1, 0.15) is 56.5 Å². The summed E-state index contributed by atoms with van der Waals surface area (Å²) in [6, 6.07) is 4.60. The van der Waals surface area contributed by atoms with E-state index in [1.807, 2.05) is 0 Å². The molecular weight excluding hydrogens is 402 g/mol. The number of rotatable bonds is 6. The Hall–Kier alpha value is -2.00. The predicted molar refractivity (Wildman–Crippen MR) is 87.0 cm³/mol. The Morgan fingerprint density at radius 3 is 2.62 bits per heavy atom. The SMILES string of the molecule is O=C(O)c1noc(C2CC2)c1C(=O)c1ccc(Br)cc1C[SH](=O)=O. The highest BCUT2D eigenvalue weighted by molar-refractivity contribution is 9.10. The number of carbonyl (C=O) groups excluding carboxylic acids is 1. The third-order valence-corrected chi connectivity index (χ3v) is 4.80. The summed E-state index contributed by atoms with van der Waals surface area (Å²) in [5, 5.41) is 12.8. The predicted octanol–water partition coefficient (Wildman–Crippen LogP) is 2.36. The summed E-state index contributed by atoms with van der Waals surface area (Å²) in [7, 11) is -2.74. The number of halogens is 1. The lowest BCUT2D eigenvalue weighted by Gasteiger charge is -2.07. The van der Waals surface area contributed by atoms with E-state index in [-0.39, 0.29) is 28.6 Å². The maximum Gasteiger partial charge on any atom is 0.358 e. The van der Waals surface area contributed by atoms with E-state index < -0.39 is 28.2 Å². The van der Waals surface area contributed by atoms with Gasteiger partial charge in [0.2, 0.25) is 5.69 Å². The lowest BCUT2D eigenvalue weighted by atomic mass is 9.96. The molecule has 1 heterocycles. The van der Waals surface area contributed by atoms with E-state index in [0.717, 1.165) is 12.8 Å². The van der Waals surface area contributed by atoms with Crippen molar-refractivity contribution in [2.24, 2.45) is 0 Å². The van der Waals surface area contributed by atoms with Gasteiger partial charge < -0.3 is 9.63 Å². The van der Waals surface area contributed by atoms with Crippen LogP contribution in [0.2, 0.25) is 0 Å². The Bertz CT molecular complexity index is 905. The smallest absolute Gasteiger partial charge is 0.358 e. The molecule has 0 unspecified atom stereocenters. The number of carboxylic acids is 1. The first-order valence-corrected chi connectivity index (χ1v) is 9.22. The largest absolute Gasteiger partial charge is 0.476 e. The fourth-order valence-corrected chi connectivity index (χ4v) is 3.43. The normalized spacial score (nSPS) is 14.1. The second kappa shape index (κ2) is 6.48. The van der Waals surface area contributed by atoms with Crippen LogP contribution in [0.15, 0.2) is 27.2 Å². The molecule has 0 radical (unpaired) electrons. The molecule has 3 rings (SSSR count). The highest BCUT2D eigenvalue weighted by Gasteiger charge is 2.37. The Kier molecular flexibility index (Phi) is 4.55. The molecule has 0 aliphatic heterocycles. The van der Waals surface area contributed by atoms with Crippen molar-refractivity contribution in [1.29, 1.82) is 0 Å². The van der Waals surface area contributed by atoms with E-state index in [4.69, 9.17) is 4.52 Å². The van der Waals surface area contributed by atoms with Gasteiger partial charge in [0.15, 0.2) is 11.5 Å². The fraction of sp³-hybridized carbons (Fsp3) is 0.267. The van der Waals surface area contributed by atoms with Gasteiger partial charge in [0, 0.05) is 16.0 Å². The minimum atomic E-state index is -2.74. The third-order valence-electron chi connectivity index (χ3n) is 3.71. The Morgan fingerprint density at radius 1 is 1.33 bits per heavy atom. The number of carbonyl (C=O) groups is 2. The van der Waals surface area contributed by atoms with Crippen molar-refractivity contribution in [2.45, 2.75) is 24.5 Å². The van der Waals surface area contributed by atoms with Crippen LogP contribution in [-0.2, 0) is 16.5 Å². The Morgan fingerprint density at radius 2 is 2.04 bits per heavy atom. The first-order chi connectivity index (χ1) is 11.4. The molecule has 0 spiro atoms. The molecule has 0 atom stereocenters. The number of aromatic carboxylic acids is 1. The highest BCUT2D eigenvalue weighted by atomic mass is 79.9. The minimum absolute atomic E-state index is 0.0143. The summed E-state index contributed by atoms with van der Waals surface area (Å²) in [4.78, 5) is 24.3. The van der Waals surface area contributed by atoms with Crippen LogP contribution >= 0.6 is 15.9 Å². The molecule has 1 fully saturated rings. The number of nitrogens with zero attached hydrogens (tertiary/aromatic N) is 1. The molecule has 0 bridgehead atoms. The topological polar surface area (TPSA) is 115 Å². The first-order valence-electron chi connectivity index (χ1n) is 7.06. The molecule has 2 aromatic rings. The van der Waals surface area contributed by atoms with E-state index in [0.29, 0.717) is 10.0 Å². The van der Waals surface area contributed by atoms with Gasteiger partial charge >= 0.3 is 5.97 Å². The van der Waals surface area contributed by atoms with Crippen molar-refractivity contribution < 1.29 is 27.6 Å². The van der Waals surface area contributed by atoms with Gasteiger partial charge in [0.25, 0.3) is 0 Å². The van der Waals surface area contributed by atoms with Gasteiger partial charge in [0.05, 0.1) is 5.75 Å². The van der Waals surface area contributed by atoms with Crippen molar-refractivity contribution in [3.8, 4) is 0 Å². The van der Waals surface area contributed by atoms with Crippen LogP contribution in [0, 0.1) is 0 Å². The molecule has 1 aromatic carbocycles. The van der Waals surface area contributed by atoms with E-state index >= 15 is 0 Å². The average molecular weight is 414 g/mol. The molecule has 126 valence electrons. The quantitative estimate of drug-likeness (QED) is 0.551. The zero-order valence-corrected chi connectivity index (χ0v) is 14.7. The second-order valence-electron chi connectivity index (χ2n) is 5.47. The summed E-state index contributed by atoms with van der Waals surface area (Å²) >= 11 is 3.24. The molecule has 24 heavy (non-hydrogen) atoms. The van der Waals surface area contributed by atoms with Crippen molar-refractivity contribution in [3.05, 3.63) is 50.8 Å². The van der Waals surface area contributed by atoms with Gasteiger partial charge in [-0.1, -0.05) is 21.1 Å². The molecule has 0 saturated heterocycles. The zero-order chi connectivity index (χ0) is 17.4. The van der Waals surface area contributed by atoms with Gasteiger partial charge in [0.1, 0.15) is 16.3 Å². The molecule has 1 aliphatic rings. The summed E-state index contributed by atoms with van der Waals surface area (Å²) in [6.45, 7) is 0. The van der Waals surface area contributed by atoms with Crippen molar-refractivity contribution in [3.63, 3.8) is 0 Å². The first kappa shape index (κ1) is 16.8. The number of thiol groups is 1. The molecule has 1 saturated carbocycles. The van der Waals surface area contributed by atoms with Gasteiger partial charge in [-0.25, -0.2) is 13.2 Å². The van der Waals surface area contributed by atoms with Gasteiger partial charge in [-0.2, -0.15) is 0 Å². The molecule has 9 heteroatoms. The van der Waals surface area contributed by atoms with Crippen molar-refractivity contribution in [2.75, 3.05) is 0 Å². The van der Waals surface area contributed by atoms with Crippen LogP contribution in [0.5, 0.6) is 0 Å². The number of carboxylic acid groups (broad SMARTS) is 1. The average Bonchev–Trinajstić information content (AvgIpc) is 3.24. The molecule has 7 nitrogen and oxygen atoms in total. The van der Waals surface area contributed by atoms with Crippen LogP contribution in [-0.4, -0.2) is 30.4 Å². The summed E-state index contributed by atoms with van der Waals surface area (Å²) in [5.41, 5.74) is -0.105. The maximum absolute atomic E-state index is 12.9. The lowest BCUT2D eigenvalue weighted by Crippen LogP contribution is -2.12. The Balaban J connectivity index is 2.13. The standard InChI is InChI=1S/C15H12BrNO6S/c16-9-3-4-10(8(5-9)6-24(21)22)13(18)11-12(15(19)20)17-23-14(11)7-1-2-7/h3-5,7,24H,1-2,6H2,(H,19,20). The molecule has 0 amide bonds. The maximum atomic E-state index is 12.9. The second-order valence-corrected chi connectivity index (χ2v) is 7.37. The van der Waals surface area contributed by atoms with E-state index in [1.54, 1.807) is 6.07 Å². The van der Waals surface area contributed by atoms with Gasteiger partial charge in [-0.05, 0) is 36.6 Å². The number of hydrogen-bond acceptors (Lipinski definition) is 6. The molecule has 1 aliphatic carbocycles. The van der Waals surface area contributed by atoms with Crippen molar-refractivity contribution in [1.82, 2.24) is 5.16 Å². The number of hydrogen-bond donors (Lipinski definition) is 2. The van der Waals surface area contributed by atoms with Crippen LogP contribution in [0.25, 0.3) is 0 Å². The number of benzene rings is 1. The van der Waals surface area contributed by atoms with E-state index in [9.17, 15) is 23.1 Å². The lowest BCUT2D eigenvalue weighted by molar-refractivity contribution is 0.0682. The van der Waals surface area contributed by atoms with Crippen LogP contribution in [0.3, 0.4) is 0 Å². The van der Waals surface area contributed by atoms with Crippen LogP contribution < -0.4 is 0 Å². The summed E-state index contributed by atoms with van der Waals surface area (Å²) in [5.74, 6) is -2.02. The van der Waals surface area contributed by atoms with E-state index in [1.165, 1.54) is 12.1 Å². The molecule has 1 aromatic heterocycles. The third kappa shape index (κ3) is 3.27. The minimum Gasteiger partial charge on any atom is -0.476 e. The van der Waals surface area contributed by atoms with Crippen LogP contribution in [0.4, 0.5) is 0 Å². The number of ketones is 1. The monoisotopic (exact) mass is 413 g/mol. The Labute approximate surface area is 146 Å². The van der Waals surface area contributed by atoms with Gasteiger partial charge in [-0.15, -0.1) is 0 Å². The highest BCUT2D eigenvalue weighted by Crippen LogP contribution is 2.43. The number of aromatic nitrogens is 1. The zero-order valence-electron chi connectivity index (χ0n) is 12.2. The summed E-state index contributed by atoms with van der Waals surface area (Å²) < 4.78 is 27.9. The van der Waals surface area contributed by atoms with Crippen molar-refractivity contribution >= 4 is 38.4 Å². The van der Waals surface area contributed by atoms with Gasteiger partial charge in [-0.3, -0.25) is 4.79 Å². The van der Waals surface area contributed by atoms with E-state index in [2.05, 4.69) is 21.1 Å². The molecule has 1 N–H and O–H groups in total.